The van der Waals surface area contributed by atoms with Gasteiger partial charge in [0, 0.05) is 16.0 Å². The Morgan fingerprint density at radius 1 is 1.56 bits per heavy atom. The number of carbonyl (C=O) groups is 1. The number of Topliss-reactive ketones (excluding diaryl/α,β-unsaturated/α-hetero) is 1. The van der Waals surface area contributed by atoms with Gasteiger partial charge in [0.15, 0.2) is 0 Å². The van der Waals surface area contributed by atoms with E-state index in [2.05, 4.69) is 25.9 Å². The quantitative estimate of drug-likeness (QED) is 0.874. The lowest BCUT2D eigenvalue weighted by atomic mass is 10.3. The van der Waals surface area contributed by atoms with Crippen molar-refractivity contribution in [2.45, 2.75) is 13.3 Å². The third-order valence-electron chi connectivity index (χ3n) is 1.93. The zero-order valence-corrected chi connectivity index (χ0v) is 11.0. The van der Waals surface area contributed by atoms with Gasteiger partial charge in [-0.15, -0.1) is 11.3 Å². The molecule has 0 bridgehead atoms. The maximum Gasteiger partial charge on any atom is 0.137 e. The van der Waals surface area contributed by atoms with Crippen molar-refractivity contribution in [3.8, 4) is 10.6 Å². The number of ketones is 1. The molecule has 5 heteroatoms. The van der Waals surface area contributed by atoms with Crippen molar-refractivity contribution in [3.05, 3.63) is 34.0 Å². The molecule has 0 radical (unpaired) electrons. The molecule has 16 heavy (non-hydrogen) atoms. The molecule has 0 aliphatic heterocycles. The number of thiophene rings is 1. The Morgan fingerprint density at radius 3 is 3.00 bits per heavy atom. The van der Waals surface area contributed by atoms with E-state index < -0.39 is 0 Å². The largest absolute Gasteiger partial charge is 0.300 e. The van der Waals surface area contributed by atoms with Gasteiger partial charge in [0.25, 0.3) is 0 Å². The van der Waals surface area contributed by atoms with Gasteiger partial charge >= 0.3 is 0 Å². The summed E-state index contributed by atoms with van der Waals surface area (Å²) in [6, 6.07) is 3.85. The van der Waals surface area contributed by atoms with Crippen molar-refractivity contribution in [1.29, 1.82) is 0 Å². The smallest absolute Gasteiger partial charge is 0.137 e. The van der Waals surface area contributed by atoms with Gasteiger partial charge in [0.2, 0.25) is 0 Å². The number of hydrogen-bond donors (Lipinski definition) is 0. The first-order valence-electron chi connectivity index (χ1n) is 4.71. The Kier molecular flexibility index (Phi) is 3.46. The first kappa shape index (κ1) is 11.4. The van der Waals surface area contributed by atoms with Crippen molar-refractivity contribution in [2.24, 2.45) is 0 Å². The highest BCUT2D eigenvalue weighted by atomic mass is 79.9. The summed E-state index contributed by atoms with van der Waals surface area (Å²) < 4.78 is 1.04. The molecule has 0 aliphatic rings. The van der Waals surface area contributed by atoms with Crippen LogP contribution in [0.15, 0.2) is 28.2 Å². The van der Waals surface area contributed by atoms with E-state index in [9.17, 15) is 4.79 Å². The first-order chi connectivity index (χ1) is 7.65. The van der Waals surface area contributed by atoms with Gasteiger partial charge in [-0.2, -0.15) is 0 Å². The molecular formula is C11H9BrN2OS. The van der Waals surface area contributed by atoms with E-state index >= 15 is 0 Å². The number of carbonyl (C=O) groups excluding carboxylic acids is 1. The van der Waals surface area contributed by atoms with Crippen molar-refractivity contribution < 1.29 is 4.79 Å². The van der Waals surface area contributed by atoms with Crippen LogP contribution in [0, 0.1) is 0 Å². The minimum absolute atomic E-state index is 0.0736. The second-order valence-electron chi connectivity index (χ2n) is 3.37. The normalized spacial score (nSPS) is 10.4. The summed E-state index contributed by atoms with van der Waals surface area (Å²) in [4.78, 5) is 20.5. The highest BCUT2D eigenvalue weighted by Gasteiger charge is 2.06. The number of halogens is 1. The van der Waals surface area contributed by atoms with Crippen LogP contribution in [0.1, 0.15) is 12.7 Å². The van der Waals surface area contributed by atoms with Crippen molar-refractivity contribution in [2.75, 3.05) is 0 Å². The molecule has 0 unspecified atom stereocenters. The lowest BCUT2D eigenvalue weighted by Crippen LogP contribution is -2.02. The molecule has 2 aromatic rings. The Bertz CT molecular complexity index is 524. The van der Waals surface area contributed by atoms with E-state index in [1.807, 2.05) is 17.5 Å². The average molecular weight is 297 g/mol. The third kappa shape index (κ3) is 2.74. The minimum Gasteiger partial charge on any atom is -0.300 e. The average Bonchev–Trinajstić information content (AvgIpc) is 2.64. The predicted molar refractivity (Wildman–Crippen MR) is 67.4 cm³/mol. The van der Waals surface area contributed by atoms with E-state index in [-0.39, 0.29) is 5.78 Å². The predicted octanol–water partition coefficient (Wildman–Crippen LogP) is 3.10. The molecule has 0 atom stereocenters. The van der Waals surface area contributed by atoms with Gasteiger partial charge in [0.05, 0.1) is 17.0 Å². The summed E-state index contributed by atoms with van der Waals surface area (Å²) in [5, 5.41) is 2.00. The molecule has 0 aliphatic carbocycles. The fourth-order valence-corrected chi connectivity index (χ4v) is 2.69. The van der Waals surface area contributed by atoms with Gasteiger partial charge in [-0.1, -0.05) is 0 Å². The molecule has 2 heterocycles. The Labute approximate surface area is 106 Å². The first-order valence-corrected chi connectivity index (χ1v) is 6.38. The van der Waals surface area contributed by atoms with E-state index in [1.54, 1.807) is 17.5 Å². The second kappa shape index (κ2) is 4.84. The van der Waals surface area contributed by atoms with Crippen molar-refractivity contribution in [1.82, 2.24) is 9.97 Å². The lowest BCUT2D eigenvalue weighted by Gasteiger charge is -1.99. The van der Waals surface area contributed by atoms with Crippen LogP contribution in [0.4, 0.5) is 0 Å². The van der Waals surface area contributed by atoms with Crippen LogP contribution in [0.2, 0.25) is 0 Å². The molecular weight excluding hydrogens is 288 g/mol. The van der Waals surface area contributed by atoms with Gasteiger partial charge in [-0.3, -0.25) is 4.79 Å². The van der Waals surface area contributed by atoms with Crippen LogP contribution in [-0.4, -0.2) is 15.8 Å². The second-order valence-corrected chi connectivity index (χ2v) is 5.19. The van der Waals surface area contributed by atoms with Crippen LogP contribution in [-0.2, 0) is 11.2 Å². The summed E-state index contributed by atoms with van der Waals surface area (Å²) >= 11 is 5.01. The maximum atomic E-state index is 11.0. The van der Waals surface area contributed by atoms with Crippen LogP contribution in [0.25, 0.3) is 10.6 Å². The monoisotopic (exact) mass is 296 g/mol. The summed E-state index contributed by atoms with van der Waals surface area (Å²) in [6.07, 6.45) is 1.98. The number of hydrogen-bond acceptors (Lipinski definition) is 4. The summed E-state index contributed by atoms with van der Waals surface area (Å²) in [5.41, 5.74) is 0.863. The van der Waals surface area contributed by atoms with Gasteiger partial charge in [-0.05, 0) is 35.0 Å². The van der Waals surface area contributed by atoms with E-state index in [1.165, 1.54) is 6.92 Å². The standard InChI is InChI=1S/C11H9BrN2OS/c1-7(15)4-11-13-3-2-9(14-11)10-5-8(12)6-16-10/h2-3,5-6H,4H2,1H3. The molecule has 0 aromatic carbocycles. The summed E-state index contributed by atoms with van der Waals surface area (Å²) in [7, 11) is 0. The summed E-state index contributed by atoms with van der Waals surface area (Å²) in [5.74, 6) is 0.652. The minimum atomic E-state index is 0.0736. The van der Waals surface area contributed by atoms with E-state index in [0.717, 1.165) is 15.0 Å². The van der Waals surface area contributed by atoms with E-state index in [0.29, 0.717) is 12.2 Å². The van der Waals surface area contributed by atoms with Crippen LogP contribution in [0.5, 0.6) is 0 Å². The summed E-state index contributed by atoms with van der Waals surface area (Å²) in [6.45, 7) is 1.54. The van der Waals surface area contributed by atoms with Gasteiger partial charge in [0.1, 0.15) is 11.6 Å². The van der Waals surface area contributed by atoms with Gasteiger partial charge < -0.3 is 0 Å². The molecule has 0 amide bonds. The van der Waals surface area contributed by atoms with E-state index in [4.69, 9.17) is 0 Å². The Balaban J connectivity index is 2.32. The molecule has 0 N–H and O–H groups in total. The third-order valence-corrected chi connectivity index (χ3v) is 3.65. The molecule has 82 valence electrons. The SMILES string of the molecule is CC(=O)Cc1nccc(-c2cc(Br)cs2)n1. The Hall–Kier alpha value is -1.07. The number of aromatic nitrogens is 2. The topological polar surface area (TPSA) is 42.9 Å². The fourth-order valence-electron chi connectivity index (χ4n) is 1.29. The molecule has 0 fully saturated rings. The maximum absolute atomic E-state index is 11.0. The Morgan fingerprint density at radius 2 is 2.38 bits per heavy atom. The molecule has 2 aromatic heterocycles. The van der Waals surface area contributed by atoms with Crippen LogP contribution < -0.4 is 0 Å². The highest BCUT2D eigenvalue weighted by molar-refractivity contribution is 9.10. The van der Waals surface area contributed by atoms with Gasteiger partial charge in [-0.25, -0.2) is 9.97 Å². The van der Waals surface area contributed by atoms with Crippen LogP contribution >= 0.6 is 27.3 Å². The lowest BCUT2D eigenvalue weighted by molar-refractivity contribution is -0.116. The van der Waals surface area contributed by atoms with Crippen molar-refractivity contribution >= 4 is 33.0 Å². The zero-order valence-electron chi connectivity index (χ0n) is 8.61. The molecule has 0 saturated heterocycles. The van der Waals surface area contributed by atoms with Crippen LogP contribution in [0.3, 0.4) is 0 Å². The highest BCUT2D eigenvalue weighted by Crippen LogP contribution is 2.28. The number of rotatable bonds is 3. The number of nitrogens with zero attached hydrogens (tertiary/aromatic N) is 2. The molecule has 3 nitrogen and oxygen atoms in total. The van der Waals surface area contributed by atoms with Crippen molar-refractivity contribution in [3.63, 3.8) is 0 Å². The fraction of sp³-hybridized carbons (Fsp3) is 0.182. The molecule has 2 rings (SSSR count). The molecule has 0 saturated carbocycles. The zero-order chi connectivity index (χ0) is 11.5. The molecule has 0 spiro atoms.